The summed E-state index contributed by atoms with van der Waals surface area (Å²) < 4.78 is 0.864. The highest BCUT2D eigenvalue weighted by molar-refractivity contribution is 9.10. The molecule has 0 atom stereocenters. The summed E-state index contributed by atoms with van der Waals surface area (Å²) in [6.45, 7) is 0.383. The van der Waals surface area contributed by atoms with Gasteiger partial charge >= 0.3 is 0 Å². The van der Waals surface area contributed by atoms with Gasteiger partial charge in [0.05, 0.1) is 5.69 Å². The molecule has 2 heterocycles. The maximum atomic E-state index is 13.2. The molecule has 26 heavy (non-hydrogen) atoms. The Morgan fingerprint density at radius 2 is 1.77 bits per heavy atom. The van der Waals surface area contributed by atoms with Crippen molar-refractivity contribution in [2.45, 2.75) is 56.9 Å². The number of pyridine rings is 2. The van der Waals surface area contributed by atoms with E-state index in [2.05, 4.69) is 38.0 Å². The van der Waals surface area contributed by atoms with Crippen LogP contribution in [0.2, 0.25) is 0 Å². The molecule has 0 bridgehead atoms. The third-order valence-electron chi connectivity index (χ3n) is 5.76. The number of rotatable bonds is 5. The first-order valence-electron chi connectivity index (χ1n) is 9.51. The summed E-state index contributed by atoms with van der Waals surface area (Å²) in [5, 5.41) is 0. The summed E-state index contributed by atoms with van der Waals surface area (Å²) in [6, 6.07) is 8.19. The molecule has 0 amide bonds. The van der Waals surface area contributed by atoms with Gasteiger partial charge in [0.1, 0.15) is 10.3 Å². The zero-order valence-electron chi connectivity index (χ0n) is 14.8. The zero-order valence-corrected chi connectivity index (χ0v) is 16.4. The van der Waals surface area contributed by atoms with Gasteiger partial charge in [0.25, 0.3) is 0 Å². The fourth-order valence-corrected chi connectivity index (χ4v) is 4.29. The van der Waals surface area contributed by atoms with Crippen molar-refractivity contribution in [1.82, 2.24) is 9.97 Å². The van der Waals surface area contributed by atoms with Crippen molar-refractivity contribution in [3.8, 4) is 0 Å². The minimum Gasteiger partial charge on any atom is -0.325 e. The average molecular weight is 414 g/mol. The Bertz CT molecular complexity index is 793. The number of aromatic nitrogens is 2. The van der Waals surface area contributed by atoms with Crippen molar-refractivity contribution < 1.29 is 4.79 Å². The van der Waals surface area contributed by atoms with Gasteiger partial charge in [-0.2, -0.15) is 0 Å². The molecule has 0 aliphatic heterocycles. The average Bonchev–Trinajstić information content (AvgIpc) is 3.53. The van der Waals surface area contributed by atoms with Gasteiger partial charge in [-0.05, 0) is 89.6 Å². The van der Waals surface area contributed by atoms with E-state index in [0.29, 0.717) is 24.1 Å². The number of hydrogen-bond acceptors (Lipinski definition) is 4. The number of nitrogens with two attached hydrogens (primary N) is 1. The van der Waals surface area contributed by atoms with Crippen LogP contribution >= 0.6 is 15.9 Å². The molecule has 0 aromatic carbocycles. The fourth-order valence-electron chi connectivity index (χ4n) is 4.06. The van der Waals surface area contributed by atoms with Crippen LogP contribution in [0.15, 0.2) is 35.1 Å². The summed E-state index contributed by atoms with van der Waals surface area (Å²) >= 11 is 3.39. The van der Waals surface area contributed by atoms with Gasteiger partial charge in [-0.25, -0.2) is 9.97 Å². The fraction of sp³-hybridized carbons (Fsp3) is 0.476. The first-order chi connectivity index (χ1) is 12.7. The predicted molar refractivity (Wildman–Crippen MR) is 105 cm³/mol. The summed E-state index contributed by atoms with van der Waals surface area (Å²) in [7, 11) is 0. The van der Waals surface area contributed by atoms with Gasteiger partial charge in [-0.15, -0.1) is 0 Å². The van der Waals surface area contributed by atoms with Crippen LogP contribution in [-0.4, -0.2) is 15.8 Å². The molecule has 2 fully saturated rings. The maximum absolute atomic E-state index is 13.2. The molecule has 2 saturated carbocycles. The van der Waals surface area contributed by atoms with Gasteiger partial charge < -0.3 is 5.73 Å². The third kappa shape index (κ3) is 3.74. The van der Waals surface area contributed by atoms with Crippen molar-refractivity contribution in [2.24, 2.45) is 11.7 Å². The van der Waals surface area contributed by atoms with E-state index in [1.54, 1.807) is 0 Å². The lowest BCUT2D eigenvalue weighted by atomic mass is 9.76. The molecule has 4 nitrogen and oxygen atoms in total. The Morgan fingerprint density at radius 3 is 2.38 bits per heavy atom. The molecular formula is C21H24BrN3O. The number of hydrogen-bond donors (Lipinski definition) is 1. The highest BCUT2D eigenvalue weighted by Crippen LogP contribution is 2.43. The van der Waals surface area contributed by atoms with Gasteiger partial charge in [0.15, 0.2) is 5.78 Å². The summed E-state index contributed by atoms with van der Waals surface area (Å²) in [4.78, 5) is 22.2. The molecule has 5 heteroatoms. The lowest BCUT2D eigenvalue weighted by molar-refractivity contribution is 0.0877. The van der Waals surface area contributed by atoms with E-state index < -0.39 is 0 Å². The molecular weight excluding hydrogens is 390 g/mol. The number of ketones is 1. The van der Waals surface area contributed by atoms with Crippen molar-refractivity contribution in [2.75, 3.05) is 0 Å². The summed E-state index contributed by atoms with van der Waals surface area (Å²) in [6.07, 6.45) is 8.23. The van der Waals surface area contributed by atoms with Crippen LogP contribution in [-0.2, 0) is 6.54 Å². The highest BCUT2D eigenvalue weighted by atomic mass is 79.9. The molecule has 0 saturated heterocycles. The molecule has 0 spiro atoms. The van der Waals surface area contributed by atoms with E-state index in [1.165, 1.54) is 18.4 Å². The Morgan fingerprint density at radius 1 is 1.04 bits per heavy atom. The van der Waals surface area contributed by atoms with Gasteiger partial charge in [-0.3, -0.25) is 4.79 Å². The van der Waals surface area contributed by atoms with E-state index in [4.69, 9.17) is 5.73 Å². The number of nitrogens with zero attached hydrogens (tertiary/aromatic N) is 2. The number of carbonyl (C=O) groups is 1. The molecule has 0 unspecified atom stereocenters. The monoisotopic (exact) mass is 413 g/mol. The second kappa shape index (κ2) is 7.57. The van der Waals surface area contributed by atoms with Crippen LogP contribution < -0.4 is 5.73 Å². The summed E-state index contributed by atoms with van der Waals surface area (Å²) in [5.74, 6) is 1.35. The molecule has 136 valence electrons. The number of Topliss-reactive ketones (excluding diaryl/α,β-unsaturated/α-hetero) is 1. The predicted octanol–water partition coefficient (Wildman–Crippen LogP) is 4.73. The second-order valence-electron chi connectivity index (χ2n) is 7.55. The minimum atomic E-state index is 0.0904. The van der Waals surface area contributed by atoms with Crippen molar-refractivity contribution in [1.29, 1.82) is 0 Å². The Hall–Kier alpha value is -1.59. The van der Waals surface area contributed by atoms with E-state index in [1.807, 2.05) is 18.3 Å². The largest absolute Gasteiger partial charge is 0.325 e. The standard InChI is InChI=1S/C21H24BrN3O/c22-19-10-7-16(12-24-19)13-1-5-15(6-2-13)21(26)20-18(14-3-4-14)9-8-17(11-23)25-20/h7-10,12-15H,1-6,11,23H2. The molecule has 2 aliphatic carbocycles. The van der Waals surface area contributed by atoms with Gasteiger partial charge in [-0.1, -0.05) is 12.1 Å². The van der Waals surface area contributed by atoms with Gasteiger partial charge in [0, 0.05) is 18.7 Å². The van der Waals surface area contributed by atoms with Crippen LogP contribution in [0.3, 0.4) is 0 Å². The lowest BCUT2D eigenvalue weighted by Crippen LogP contribution is -2.23. The van der Waals surface area contributed by atoms with Crippen molar-refractivity contribution in [3.05, 3.63) is 57.6 Å². The van der Waals surface area contributed by atoms with Crippen LogP contribution in [0.25, 0.3) is 0 Å². The first kappa shape index (κ1) is 17.8. The first-order valence-corrected chi connectivity index (χ1v) is 10.3. The Balaban J connectivity index is 1.47. The van der Waals surface area contributed by atoms with Gasteiger partial charge in [0.2, 0.25) is 0 Å². The molecule has 0 radical (unpaired) electrons. The molecule has 2 aliphatic rings. The van der Waals surface area contributed by atoms with Crippen LogP contribution in [0.4, 0.5) is 0 Å². The van der Waals surface area contributed by atoms with E-state index in [-0.39, 0.29) is 11.7 Å². The number of halogens is 1. The van der Waals surface area contributed by atoms with E-state index in [0.717, 1.165) is 41.5 Å². The third-order valence-corrected chi connectivity index (χ3v) is 6.23. The molecule has 2 aromatic rings. The summed E-state index contributed by atoms with van der Waals surface area (Å²) in [5.41, 5.74) is 9.68. The highest BCUT2D eigenvalue weighted by Gasteiger charge is 2.33. The normalized spacial score (nSPS) is 23.0. The molecule has 4 rings (SSSR count). The number of carbonyl (C=O) groups excluding carboxylic acids is 1. The minimum absolute atomic E-state index is 0.0904. The molecule has 2 N–H and O–H groups in total. The zero-order chi connectivity index (χ0) is 18.1. The second-order valence-corrected chi connectivity index (χ2v) is 8.36. The Labute approximate surface area is 162 Å². The lowest BCUT2D eigenvalue weighted by Gasteiger charge is -2.28. The van der Waals surface area contributed by atoms with E-state index in [9.17, 15) is 4.79 Å². The quantitative estimate of drug-likeness (QED) is 0.567. The Kier molecular flexibility index (Phi) is 5.18. The van der Waals surface area contributed by atoms with Crippen molar-refractivity contribution in [3.63, 3.8) is 0 Å². The maximum Gasteiger partial charge on any atom is 0.184 e. The van der Waals surface area contributed by atoms with Crippen LogP contribution in [0.1, 0.15) is 77.7 Å². The van der Waals surface area contributed by atoms with Crippen LogP contribution in [0, 0.1) is 5.92 Å². The smallest absolute Gasteiger partial charge is 0.184 e. The van der Waals surface area contributed by atoms with E-state index >= 15 is 0 Å². The SMILES string of the molecule is NCc1ccc(C2CC2)c(C(=O)C2CCC(c3ccc(Br)nc3)CC2)n1. The topological polar surface area (TPSA) is 68.9 Å². The van der Waals surface area contributed by atoms with Crippen LogP contribution in [0.5, 0.6) is 0 Å². The van der Waals surface area contributed by atoms with Crippen molar-refractivity contribution >= 4 is 21.7 Å². The molecule has 2 aromatic heterocycles.